The molecule has 166 valence electrons. The Labute approximate surface area is 178 Å². The minimum Gasteiger partial charge on any atom is -0.351 e. The van der Waals surface area contributed by atoms with Crippen LogP contribution in [0, 0.1) is 5.92 Å². The van der Waals surface area contributed by atoms with Gasteiger partial charge >= 0.3 is 6.03 Å². The van der Waals surface area contributed by atoms with Gasteiger partial charge < -0.3 is 15.5 Å². The number of amides is 5. The highest BCUT2D eigenvalue weighted by atomic mass is 16.2. The minimum atomic E-state index is -0.834. The van der Waals surface area contributed by atoms with Crippen LogP contribution in [0.4, 0.5) is 4.79 Å². The second kappa shape index (κ2) is 8.55. The summed E-state index contributed by atoms with van der Waals surface area (Å²) >= 11 is 0. The van der Waals surface area contributed by atoms with Crippen LogP contribution in [0.1, 0.15) is 77.6 Å². The molecule has 30 heavy (non-hydrogen) atoms. The fourth-order valence-electron chi connectivity index (χ4n) is 5.60. The van der Waals surface area contributed by atoms with Crippen LogP contribution in [0.15, 0.2) is 0 Å². The fourth-order valence-corrected chi connectivity index (χ4v) is 5.60. The largest absolute Gasteiger partial charge is 0.351 e. The summed E-state index contributed by atoms with van der Waals surface area (Å²) < 4.78 is 0. The van der Waals surface area contributed by atoms with Gasteiger partial charge in [-0.3, -0.25) is 14.4 Å². The molecule has 4 rings (SSSR count). The SMILES string of the molecule is CC(C(=O)NC1CCN(C(=O)C2CCCCC2)CC1)N1C(=O)NC2(CCCC2)C1=O. The lowest BCUT2D eigenvalue weighted by Gasteiger charge is -2.36. The minimum absolute atomic E-state index is 0.0310. The Morgan fingerprint density at radius 2 is 1.63 bits per heavy atom. The van der Waals surface area contributed by atoms with Crippen LogP contribution in [-0.2, 0) is 14.4 Å². The van der Waals surface area contributed by atoms with Gasteiger partial charge in [0, 0.05) is 25.0 Å². The van der Waals surface area contributed by atoms with E-state index in [1.807, 2.05) is 4.90 Å². The van der Waals surface area contributed by atoms with E-state index in [2.05, 4.69) is 10.6 Å². The van der Waals surface area contributed by atoms with E-state index in [1.54, 1.807) is 6.92 Å². The molecule has 2 heterocycles. The summed E-state index contributed by atoms with van der Waals surface area (Å²) in [6.45, 7) is 2.92. The van der Waals surface area contributed by atoms with E-state index in [-0.39, 0.29) is 29.7 Å². The Bertz CT molecular complexity index is 704. The lowest BCUT2D eigenvalue weighted by molar-refractivity contribution is -0.139. The molecule has 0 radical (unpaired) electrons. The molecule has 0 bridgehead atoms. The molecule has 8 heteroatoms. The fraction of sp³-hybridized carbons (Fsp3) is 0.818. The van der Waals surface area contributed by atoms with Crippen molar-refractivity contribution in [3.8, 4) is 0 Å². The molecule has 1 atom stereocenters. The van der Waals surface area contributed by atoms with Gasteiger partial charge in [0.25, 0.3) is 5.91 Å². The zero-order valence-corrected chi connectivity index (χ0v) is 18.0. The average Bonchev–Trinajstić information content (AvgIpc) is 3.32. The predicted octanol–water partition coefficient (Wildman–Crippen LogP) is 1.93. The highest BCUT2D eigenvalue weighted by Gasteiger charge is 2.54. The third-order valence-electron chi connectivity index (χ3n) is 7.52. The van der Waals surface area contributed by atoms with Crippen LogP contribution >= 0.6 is 0 Å². The zero-order chi connectivity index (χ0) is 21.3. The first-order valence-electron chi connectivity index (χ1n) is 11.7. The lowest BCUT2D eigenvalue weighted by atomic mass is 9.87. The second-order valence-corrected chi connectivity index (χ2v) is 9.51. The highest BCUT2D eigenvalue weighted by Crippen LogP contribution is 2.35. The first kappa shape index (κ1) is 21.1. The number of hydrogen-bond acceptors (Lipinski definition) is 4. The number of carbonyl (C=O) groups excluding carboxylic acids is 4. The van der Waals surface area contributed by atoms with Gasteiger partial charge in [-0.1, -0.05) is 32.1 Å². The first-order chi connectivity index (χ1) is 14.4. The summed E-state index contributed by atoms with van der Waals surface area (Å²) in [5.74, 6) is -0.118. The third kappa shape index (κ3) is 3.93. The van der Waals surface area contributed by atoms with Crippen molar-refractivity contribution in [3.05, 3.63) is 0 Å². The molecule has 4 aliphatic rings. The van der Waals surface area contributed by atoms with Crippen LogP contribution in [0.3, 0.4) is 0 Å². The summed E-state index contributed by atoms with van der Waals surface area (Å²) in [7, 11) is 0. The summed E-state index contributed by atoms with van der Waals surface area (Å²) in [5.41, 5.74) is -0.795. The number of carbonyl (C=O) groups is 4. The molecular formula is C22H34N4O4. The van der Waals surface area contributed by atoms with Gasteiger partial charge in [-0.25, -0.2) is 9.69 Å². The van der Waals surface area contributed by atoms with Gasteiger partial charge in [0.1, 0.15) is 11.6 Å². The van der Waals surface area contributed by atoms with E-state index in [4.69, 9.17) is 0 Å². The maximum atomic E-state index is 12.9. The van der Waals surface area contributed by atoms with Crippen molar-refractivity contribution in [1.82, 2.24) is 20.4 Å². The molecule has 0 aromatic rings. The predicted molar refractivity (Wildman–Crippen MR) is 110 cm³/mol. The average molecular weight is 419 g/mol. The Balaban J connectivity index is 1.28. The van der Waals surface area contributed by atoms with E-state index in [1.165, 1.54) is 6.42 Å². The summed E-state index contributed by atoms with van der Waals surface area (Å²) in [6, 6.07) is -1.33. The zero-order valence-electron chi connectivity index (χ0n) is 18.0. The molecule has 2 saturated carbocycles. The van der Waals surface area contributed by atoms with Crippen molar-refractivity contribution in [1.29, 1.82) is 0 Å². The van der Waals surface area contributed by atoms with Gasteiger partial charge in [-0.2, -0.15) is 0 Å². The number of urea groups is 1. The van der Waals surface area contributed by atoms with Crippen LogP contribution in [0.2, 0.25) is 0 Å². The van der Waals surface area contributed by atoms with Crippen molar-refractivity contribution in [2.75, 3.05) is 13.1 Å². The molecule has 2 aliphatic heterocycles. The lowest BCUT2D eigenvalue weighted by Crippen LogP contribution is -2.54. The summed E-state index contributed by atoms with van der Waals surface area (Å²) in [6.07, 6.45) is 10.1. The quantitative estimate of drug-likeness (QED) is 0.682. The Morgan fingerprint density at radius 1 is 1.00 bits per heavy atom. The molecule has 0 aromatic heterocycles. The Morgan fingerprint density at radius 3 is 2.27 bits per heavy atom. The maximum Gasteiger partial charge on any atom is 0.325 e. The molecule has 2 saturated heterocycles. The molecular weight excluding hydrogens is 384 g/mol. The van der Waals surface area contributed by atoms with Crippen LogP contribution in [0.5, 0.6) is 0 Å². The van der Waals surface area contributed by atoms with Gasteiger partial charge in [-0.15, -0.1) is 0 Å². The number of nitrogens with one attached hydrogen (secondary N) is 2. The summed E-state index contributed by atoms with van der Waals surface area (Å²) in [4.78, 5) is 53.8. The topological polar surface area (TPSA) is 98.8 Å². The van der Waals surface area contributed by atoms with Gasteiger partial charge in [0.2, 0.25) is 11.8 Å². The second-order valence-electron chi connectivity index (χ2n) is 9.51. The number of imide groups is 1. The molecule has 2 N–H and O–H groups in total. The molecule has 8 nitrogen and oxygen atoms in total. The molecule has 1 spiro atoms. The van der Waals surface area contributed by atoms with E-state index in [9.17, 15) is 19.2 Å². The van der Waals surface area contributed by atoms with Crippen LogP contribution < -0.4 is 10.6 Å². The number of nitrogens with zero attached hydrogens (tertiary/aromatic N) is 2. The van der Waals surface area contributed by atoms with Crippen molar-refractivity contribution in [2.45, 2.75) is 95.2 Å². The highest BCUT2D eigenvalue weighted by molar-refractivity contribution is 6.10. The van der Waals surface area contributed by atoms with E-state index in [0.29, 0.717) is 38.8 Å². The third-order valence-corrected chi connectivity index (χ3v) is 7.52. The smallest absolute Gasteiger partial charge is 0.325 e. The summed E-state index contributed by atoms with van der Waals surface area (Å²) in [5, 5.41) is 5.84. The number of hydrogen-bond donors (Lipinski definition) is 2. The van der Waals surface area contributed by atoms with Gasteiger partial charge in [0.15, 0.2) is 0 Å². The molecule has 1 unspecified atom stereocenters. The Kier molecular flexibility index (Phi) is 6.02. The van der Waals surface area contributed by atoms with Crippen molar-refractivity contribution in [2.24, 2.45) is 5.92 Å². The van der Waals surface area contributed by atoms with Crippen molar-refractivity contribution >= 4 is 23.8 Å². The van der Waals surface area contributed by atoms with Gasteiger partial charge in [0.05, 0.1) is 0 Å². The van der Waals surface area contributed by atoms with E-state index in [0.717, 1.165) is 43.4 Å². The molecule has 5 amide bonds. The normalized spacial score (nSPS) is 26.2. The first-order valence-corrected chi connectivity index (χ1v) is 11.7. The number of piperidine rings is 1. The van der Waals surface area contributed by atoms with Crippen molar-refractivity contribution < 1.29 is 19.2 Å². The number of likely N-dealkylation sites (tertiary alicyclic amines) is 1. The van der Waals surface area contributed by atoms with Crippen LogP contribution in [-0.4, -0.2) is 64.3 Å². The number of rotatable bonds is 4. The van der Waals surface area contributed by atoms with Crippen LogP contribution in [0.25, 0.3) is 0 Å². The molecule has 0 aromatic carbocycles. The Hall–Kier alpha value is -2.12. The molecule has 2 aliphatic carbocycles. The molecule has 4 fully saturated rings. The standard InChI is InChI=1S/C22H34N4O4/c1-15(26-20(29)22(24-21(26)30)11-5-6-12-22)18(27)23-17-9-13-25(14-10-17)19(28)16-7-3-2-4-8-16/h15-17H,2-14H2,1H3,(H,23,27)(H,24,30). The monoisotopic (exact) mass is 418 g/mol. The van der Waals surface area contributed by atoms with E-state index >= 15 is 0 Å². The van der Waals surface area contributed by atoms with Gasteiger partial charge in [-0.05, 0) is 45.4 Å². The van der Waals surface area contributed by atoms with Crippen molar-refractivity contribution in [3.63, 3.8) is 0 Å². The maximum absolute atomic E-state index is 12.9. The van der Waals surface area contributed by atoms with E-state index < -0.39 is 17.6 Å².